The van der Waals surface area contributed by atoms with Crippen LogP contribution >= 0.6 is 0 Å². The number of aliphatic hydroxyl groups is 5. The van der Waals surface area contributed by atoms with Gasteiger partial charge in [-0.1, -0.05) is 27.7 Å². The second-order valence-electron chi connectivity index (χ2n) is 9.55. The number of methoxy groups -OCH3 is 1. The molecule has 228 valence electrons. The van der Waals surface area contributed by atoms with Crippen molar-refractivity contribution < 1.29 is 49.3 Å². The van der Waals surface area contributed by atoms with Gasteiger partial charge >= 0.3 is 0 Å². The Balaban J connectivity index is 0.000000597. The maximum absolute atomic E-state index is 11.0. The third-order valence-electron chi connectivity index (χ3n) is 6.66. The first-order valence-corrected chi connectivity index (χ1v) is 13.7. The van der Waals surface area contributed by atoms with E-state index in [0.29, 0.717) is 19.3 Å². The van der Waals surface area contributed by atoms with Crippen LogP contribution < -0.4 is 10.6 Å². The molecule has 9 unspecified atom stereocenters. The average Bonchev–Trinajstić information content (AvgIpc) is 2.91. The monoisotopic (exact) mass is 554 g/mol. The fourth-order valence-electron chi connectivity index (χ4n) is 4.05. The number of aliphatic hydroxyl groups excluding tert-OH is 5. The summed E-state index contributed by atoms with van der Waals surface area (Å²) in [5, 5.41) is 52.8. The van der Waals surface area contributed by atoms with Gasteiger partial charge in [0.2, 0.25) is 5.91 Å². The van der Waals surface area contributed by atoms with Gasteiger partial charge in [0.05, 0.1) is 50.7 Å². The van der Waals surface area contributed by atoms with Gasteiger partial charge in [-0.15, -0.1) is 0 Å². The van der Waals surface area contributed by atoms with E-state index in [9.17, 15) is 25.2 Å². The number of hydrogen-bond acceptors (Lipinski definition) is 11. The summed E-state index contributed by atoms with van der Waals surface area (Å²) in [4.78, 5) is 11.0. The van der Waals surface area contributed by atoms with Crippen LogP contribution in [0.4, 0.5) is 0 Å². The number of ether oxygens (including phenoxy) is 4. The molecule has 0 saturated carbocycles. The van der Waals surface area contributed by atoms with E-state index in [-0.39, 0.29) is 37.9 Å². The zero-order valence-electron chi connectivity index (χ0n) is 24.2. The molecule has 2 aliphatic heterocycles. The van der Waals surface area contributed by atoms with E-state index in [2.05, 4.69) is 24.5 Å². The van der Waals surface area contributed by atoms with Crippen LogP contribution in [0, 0.1) is 0 Å². The second-order valence-corrected chi connectivity index (χ2v) is 9.55. The number of nitrogens with one attached hydrogen (secondary N) is 2. The standard InChI is InChI=1S/C12H23NO5.C8H17NO4.C6H14O/c1-4-7(2)18-12-10(5-14)17-6-9(11(12)16)13-8(3)15;1-2-9-5-4-13-6(3-10)8(12)7(5)11;1-4-6(5-2)7-3/h7,9-12,14,16H,4-6H2,1-3H3,(H,13,15);5-12H,2-4H2,1H3;6H,4-5H2,1-3H3. The first kappa shape index (κ1) is 37.1. The van der Waals surface area contributed by atoms with Gasteiger partial charge in [0.15, 0.2) is 0 Å². The molecule has 38 heavy (non-hydrogen) atoms. The highest BCUT2D eigenvalue weighted by Gasteiger charge is 2.41. The minimum absolute atomic E-state index is 0.0432. The summed E-state index contributed by atoms with van der Waals surface area (Å²) in [6, 6.07) is -0.748. The van der Waals surface area contributed by atoms with Crippen molar-refractivity contribution in [1.82, 2.24) is 10.6 Å². The Hall–Kier alpha value is -0.930. The zero-order valence-corrected chi connectivity index (χ0v) is 24.2. The second kappa shape index (κ2) is 20.9. The van der Waals surface area contributed by atoms with E-state index in [0.717, 1.165) is 19.3 Å². The lowest BCUT2D eigenvalue weighted by Gasteiger charge is -2.40. The van der Waals surface area contributed by atoms with Gasteiger partial charge in [0.1, 0.15) is 36.6 Å². The topological polar surface area (TPSA) is 179 Å². The number of likely N-dealkylation sites (N-methyl/N-ethyl adjacent to an activating group) is 1. The number of carbonyl (C=O) groups is 1. The molecule has 1 amide bonds. The van der Waals surface area contributed by atoms with Gasteiger partial charge in [-0.3, -0.25) is 4.79 Å². The van der Waals surface area contributed by atoms with Gasteiger partial charge in [-0.25, -0.2) is 0 Å². The predicted octanol–water partition coefficient (Wildman–Crippen LogP) is -0.674. The van der Waals surface area contributed by atoms with Crippen molar-refractivity contribution in [3.63, 3.8) is 0 Å². The molecule has 7 N–H and O–H groups in total. The fourth-order valence-corrected chi connectivity index (χ4v) is 4.05. The molecule has 12 nitrogen and oxygen atoms in total. The molecule has 2 rings (SSSR count). The number of hydrogen-bond donors (Lipinski definition) is 7. The third-order valence-corrected chi connectivity index (χ3v) is 6.66. The highest BCUT2D eigenvalue weighted by atomic mass is 16.6. The van der Waals surface area contributed by atoms with Crippen molar-refractivity contribution in [3.8, 4) is 0 Å². The molecular formula is C26H54N2O10. The summed E-state index contributed by atoms with van der Waals surface area (Å²) in [5.74, 6) is -0.229. The number of amides is 1. The smallest absolute Gasteiger partial charge is 0.217 e. The zero-order chi connectivity index (χ0) is 29.3. The quantitative estimate of drug-likeness (QED) is 0.172. The normalized spacial score (nSPS) is 31.9. The van der Waals surface area contributed by atoms with E-state index in [1.54, 1.807) is 7.11 Å². The molecule has 2 aliphatic rings. The van der Waals surface area contributed by atoms with Gasteiger partial charge < -0.3 is 55.1 Å². The molecule has 0 aromatic heterocycles. The lowest BCUT2D eigenvalue weighted by atomic mass is 9.97. The third kappa shape index (κ3) is 12.9. The molecule has 0 aliphatic carbocycles. The van der Waals surface area contributed by atoms with Crippen LogP contribution in [-0.2, 0) is 23.7 Å². The molecule has 2 fully saturated rings. The van der Waals surface area contributed by atoms with E-state index in [4.69, 9.17) is 24.1 Å². The van der Waals surface area contributed by atoms with E-state index in [1.807, 2.05) is 20.8 Å². The van der Waals surface area contributed by atoms with Crippen LogP contribution in [0.25, 0.3) is 0 Å². The molecule has 0 radical (unpaired) electrons. The van der Waals surface area contributed by atoms with Crippen LogP contribution in [0.5, 0.6) is 0 Å². The van der Waals surface area contributed by atoms with Crippen molar-refractivity contribution in [2.75, 3.05) is 40.1 Å². The summed E-state index contributed by atoms with van der Waals surface area (Å²) in [6.45, 7) is 12.2. The fraction of sp³-hybridized carbons (Fsp3) is 0.962. The van der Waals surface area contributed by atoms with Crippen LogP contribution in [-0.4, -0.2) is 132 Å². The van der Waals surface area contributed by atoms with E-state index >= 15 is 0 Å². The SMILES string of the molecule is CCC(C)OC1C(CO)OCC(NC(C)=O)C1O.CCC(CC)OC.CCNC1COC(CO)C(O)C1O. The Labute approximate surface area is 228 Å². The largest absolute Gasteiger partial charge is 0.394 e. The van der Waals surface area contributed by atoms with Crippen molar-refractivity contribution >= 4 is 5.91 Å². The predicted molar refractivity (Wildman–Crippen MR) is 143 cm³/mol. The molecule has 0 spiro atoms. The molecule has 2 heterocycles. The van der Waals surface area contributed by atoms with Crippen molar-refractivity contribution in [3.05, 3.63) is 0 Å². The Morgan fingerprint density at radius 1 is 0.895 bits per heavy atom. The Morgan fingerprint density at radius 2 is 1.45 bits per heavy atom. The highest BCUT2D eigenvalue weighted by Crippen LogP contribution is 2.21. The molecule has 0 aromatic rings. The van der Waals surface area contributed by atoms with Crippen LogP contribution in [0.3, 0.4) is 0 Å². The minimum Gasteiger partial charge on any atom is -0.394 e. The summed E-state index contributed by atoms with van der Waals surface area (Å²) in [7, 11) is 1.76. The molecule has 12 heteroatoms. The first-order chi connectivity index (χ1) is 18.0. The van der Waals surface area contributed by atoms with Gasteiger partial charge in [-0.2, -0.15) is 0 Å². The molecule has 0 bridgehead atoms. The average molecular weight is 555 g/mol. The van der Waals surface area contributed by atoms with Gasteiger partial charge in [-0.05, 0) is 32.7 Å². The maximum Gasteiger partial charge on any atom is 0.217 e. The van der Waals surface area contributed by atoms with Crippen molar-refractivity contribution in [2.24, 2.45) is 0 Å². The first-order valence-electron chi connectivity index (χ1n) is 13.7. The number of carbonyl (C=O) groups excluding carboxylic acids is 1. The maximum atomic E-state index is 11.0. The molecule has 2 saturated heterocycles. The Morgan fingerprint density at radius 3 is 1.87 bits per heavy atom. The van der Waals surface area contributed by atoms with Gasteiger partial charge in [0, 0.05) is 14.0 Å². The van der Waals surface area contributed by atoms with Gasteiger partial charge in [0.25, 0.3) is 0 Å². The molecule has 0 aromatic carbocycles. The van der Waals surface area contributed by atoms with Crippen LogP contribution in [0.15, 0.2) is 0 Å². The van der Waals surface area contributed by atoms with Crippen LogP contribution in [0.1, 0.15) is 60.8 Å². The summed E-state index contributed by atoms with van der Waals surface area (Å²) in [6.07, 6.45) is -1.10. The van der Waals surface area contributed by atoms with Crippen LogP contribution in [0.2, 0.25) is 0 Å². The van der Waals surface area contributed by atoms with Crippen molar-refractivity contribution in [1.29, 1.82) is 0 Å². The molecule has 9 atom stereocenters. The summed E-state index contributed by atoms with van der Waals surface area (Å²) >= 11 is 0. The Kier molecular flexibility index (Phi) is 20.4. The van der Waals surface area contributed by atoms with E-state index < -0.39 is 42.7 Å². The summed E-state index contributed by atoms with van der Waals surface area (Å²) in [5.41, 5.74) is 0. The Bertz CT molecular complexity index is 591. The lowest BCUT2D eigenvalue weighted by Crippen LogP contribution is -2.61. The minimum atomic E-state index is -1.01. The van der Waals surface area contributed by atoms with E-state index in [1.165, 1.54) is 6.92 Å². The van der Waals surface area contributed by atoms with Crippen molar-refractivity contribution in [2.45, 2.75) is 122 Å². The summed E-state index contributed by atoms with van der Waals surface area (Å²) < 4.78 is 21.3. The highest BCUT2D eigenvalue weighted by molar-refractivity contribution is 5.73. The number of rotatable bonds is 11. The molecular weight excluding hydrogens is 500 g/mol. The lowest BCUT2D eigenvalue weighted by molar-refractivity contribution is -0.196.